The minimum atomic E-state index is 0.464. The molecule has 17 heavy (non-hydrogen) atoms. The third-order valence-electron chi connectivity index (χ3n) is 4.65. The highest BCUT2D eigenvalue weighted by atomic mass is 15.2. The van der Waals surface area contributed by atoms with Crippen LogP contribution in [0.2, 0.25) is 0 Å². The second-order valence-electron chi connectivity index (χ2n) is 5.87. The van der Waals surface area contributed by atoms with Gasteiger partial charge < -0.3 is 15.5 Å². The van der Waals surface area contributed by atoms with E-state index in [1.54, 1.807) is 0 Å². The molecular weight excluding hydrogens is 210 g/mol. The van der Waals surface area contributed by atoms with Crippen LogP contribution in [0.1, 0.15) is 39.0 Å². The first kappa shape index (κ1) is 13.3. The van der Waals surface area contributed by atoms with Crippen LogP contribution in [0.25, 0.3) is 0 Å². The van der Waals surface area contributed by atoms with Gasteiger partial charge >= 0.3 is 0 Å². The van der Waals surface area contributed by atoms with Crippen LogP contribution in [-0.4, -0.2) is 55.1 Å². The first-order chi connectivity index (χ1) is 8.28. The van der Waals surface area contributed by atoms with E-state index in [0.29, 0.717) is 6.04 Å². The highest BCUT2D eigenvalue weighted by molar-refractivity contribution is 4.76. The first-order valence-corrected chi connectivity index (χ1v) is 7.48. The Morgan fingerprint density at radius 2 is 1.35 bits per heavy atom. The topological polar surface area (TPSA) is 32.5 Å². The molecule has 3 nitrogen and oxygen atoms in total. The quantitative estimate of drug-likeness (QED) is 0.807. The van der Waals surface area contributed by atoms with Crippen molar-refractivity contribution in [1.82, 2.24) is 9.80 Å². The summed E-state index contributed by atoms with van der Waals surface area (Å²) < 4.78 is 0. The summed E-state index contributed by atoms with van der Waals surface area (Å²) in [4.78, 5) is 5.25. The summed E-state index contributed by atoms with van der Waals surface area (Å²) in [5.41, 5.74) is 5.93. The molecule has 0 amide bonds. The third kappa shape index (κ3) is 4.23. The Kier molecular flexibility index (Phi) is 5.26. The number of rotatable bonds is 4. The molecule has 2 N–H and O–H groups in total. The molecule has 0 aliphatic carbocycles. The van der Waals surface area contributed by atoms with Gasteiger partial charge in [-0.15, -0.1) is 0 Å². The third-order valence-corrected chi connectivity index (χ3v) is 4.65. The van der Waals surface area contributed by atoms with E-state index >= 15 is 0 Å². The SMILES string of the molecule is CCC1CCN(CCN2CCC(N)CC2)CC1. The van der Waals surface area contributed by atoms with Crippen LogP contribution >= 0.6 is 0 Å². The molecule has 2 fully saturated rings. The molecular formula is C14H29N3. The Labute approximate surface area is 106 Å². The smallest absolute Gasteiger partial charge is 0.0109 e. The second kappa shape index (κ2) is 6.72. The van der Waals surface area contributed by atoms with Crippen LogP contribution in [0.3, 0.4) is 0 Å². The molecule has 0 unspecified atom stereocenters. The molecule has 3 heteroatoms. The van der Waals surface area contributed by atoms with E-state index in [-0.39, 0.29) is 0 Å². The van der Waals surface area contributed by atoms with Crippen molar-refractivity contribution in [3.8, 4) is 0 Å². The second-order valence-corrected chi connectivity index (χ2v) is 5.87. The summed E-state index contributed by atoms with van der Waals surface area (Å²) in [6, 6.07) is 0.464. The van der Waals surface area contributed by atoms with E-state index in [1.165, 1.54) is 71.4 Å². The van der Waals surface area contributed by atoms with Crippen molar-refractivity contribution in [2.24, 2.45) is 11.7 Å². The van der Waals surface area contributed by atoms with Crippen LogP contribution in [0.5, 0.6) is 0 Å². The summed E-state index contributed by atoms with van der Waals surface area (Å²) >= 11 is 0. The fraction of sp³-hybridized carbons (Fsp3) is 1.00. The van der Waals surface area contributed by atoms with Crippen LogP contribution in [0, 0.1) is 5.92 Å². The summed E-state index contributed by atoms with van der Waals surface area (Å²) in [6.45, 7) is 9.93. The molecule has 0 saturated carbocycles. The van der Waals surface area contributed by atoms with E-state index < -0.39 is 0 Å². The largest absolute Gasteiger partial charge is 0.328 e. The Hall–Kier alpha value is -0.120. The molecule has 0 aromatic rings. The van der Waals surface area contributed by atoms with Crippen LogP contribution in [0.4, 0.5) is 0 Å². The molecule has 0 radical (unpaired) electrons. The summed E-state index contributed by atoms with van der Waals surface area (Å²) in [5, 5.41) is 0. The Balaban J connectivity index is 1.59. The van der Waals surface area contributed by atoms with Crippen molar-refractivity contribution in [3.63, 3.8) is 0 Å². The van der Waals surface area contributed by atoms with Crippen LogP contribution in [0.15, 0.2) is 0 Å². The van der Waals surface area contributed by atoms with Gasteiger partial charge in [-0.3, -0.25) is 0 Å². The molecule has 2 aliphatic rings. The van der Waals surface area contributed by atoms with E-state index in [9.17, 15) is 0 Å². The minimum absolute atomic E-state index is 0.464. The van der Waals surface area contributed by atoms with Gasteiger partial charge in [0.05, 0.1) is 0 Å². The predicted molar refractivity (Wildman–Crippen MR) is 73.1 cm³/mol. The average molecular weight is 239 g/mol. The predicted octanol–water partition coefficient (Wildman–Crippen LogP) is 1.53. The molecule has 0 aromatic heterocycles. The zero-order valence-electron chi connectivity index (χ0n) is 11.4. The lowest BCUT2D eigenvalue weighted by Gasteiger charge is -2.35. The highest BCUT2D eigenvalue weighted by Crippen LogP contribution is 2.19. The maximum absolute atomic E-state index is 5.93. The Bertz CT molecular complexity index is 204. The standard InChI is InChI=1S/C14H29N3/c1-2-13-3-7-16(8-4-13)11-12-17-9-5-14(15)6-10-17/h13-14H,2-12,15H2,1H3. The molecule has 0 aromatic carbocycles. The van der Waals surface area contributed by atoms with Gasteiger partial charge in [-0.05, 0) is 57.8 Å². The van der Waals surface area contributed by atoms with E-state index in [0.717, 1.165) is 5.92 Å². The minimum Gasteiger partial charge on any atom is -0.328 e. The fourth-order valence-corrected chi connectivity index (χ4v) is 3.08. The van der Waals surface area contributed by atoms with Crippen molar-refractivity contribution in [2.45, 2.75) is 45.1 Å². The van der Waals surface area contributed by atoms with Gasteiger partial charge in [0.2, 0.25) is 0 Å². The van der Waals surface area contributed by atoms with Crippen molar-refractivity contribution < 1.29 is 0 Å². The Morgan fingerprint density at radius 3 is 1.82 bits per heavy atom. The van der Waals surface area contributed by atoms with E-state index in [1.807, 2.05) is 0 Å². The average Bonchev–Trinajstić information content (AvgIpc) is 2.39. The highest BCUT2D eigenvalue weighted by Gasteiger charge is 2.19. The monoisotopic (exact) mass is 239 g/mol. The lowest BCUT2D eigenvalue weighted by Crippen LogP contribution is -2.44. The maximum Gasteiger partial charge on any atom is 0.0109 e. The van der Waals surface area contributed by atoms with Gasteiger partial charge in [0.25, 0.3) is 0 Å². The lowest BCUT2D eigenvalue weighted by atomic mass is 9.94. The zero-order chi connectivity index (χ0) is 12.1. The van der Waals surface area contributed by atoms with Gasteiger partial charge in [0, 0.05) is 19.1 Å². The van der Waals surface area contributed by atoms with E-state index in [4.69, 9.17) is 5.73 Å². The molecule has 2 aliphatic heterocycles. The van der Waals surface area contributed by atoms with Crippen molar-refractivity contribution >= 4 is 0 Å². The maximum atomic E-state index is 5.93. The molecule has 100 valence electrons. The summed E-state index contributed by atoms with van der Waals surface area (Å²) in [5.74, 6) is 0.999. The molecule has 0 bridgehead atoms. The van der Waals surface area contributed by atoms with Crippen molar-refractivity contribution in [1.29, 1.82) is 0 Å². The van der Waals surface area contributed by atoms with Gasteiger partial charge in [-0.25, -0.2) is 0 Å². The summed E-state index contributed by atoms with van der Waals surface area (Å²) in [6.07, 6.45) is 6.59. The van der Waals surface area contributed by atoms with Gasteiger partial charge in [0.1, 0.15) is 0 Å². The summed E-state index contributed by atoms with van der Waals surface area (Å²) in [7, 11) is 0. The van der Waals surface area contributed by atoms with Crippen LogP contribution < -0.4 is 5.73 Å². The molecule has 2 saturated heterocycles. The normalized spacial score (nSPS) is 26.5. The Morgan fingerprint density at radius 1 is 0.882 bits per heavy atom. The fourth-order valence-electron chi connectivity index (χ4n) is 3.08. The molecule has 0 atom stereocenters. The van der Waals surface area contributed by atoms with Gasteiger partial charge in [-0.2, -0.15) is 0 Å². The molecule has 2 rings (SSSR count). The van der Waals surface area contributed by atoms with Crippen molar-refractivity contribution in [2.75, 3.05) is 39.3 Å². The lowest BCUT2D eigenvalue weighted by molar-refractivity contribution is 0.141. The molecule has 2 heterocycles. The number of likely N-dealkylation sites (tertiary alicyclic amines) is 2. The number of nitrogens with zero attached hydrogens (tertiary/aromatic N) is 2. The first-order valence-electron chi connectivity index (χ1n) is 7.48. The molecule has 0 spiro atoms. The number of nitrogens with two attached hydrogens (primary N) is 1. The van der Waals surface area contributed by atoms with Crippen LogP contribution in [-0.2, 0) is 0 Å². The zero-order valence-corrected chi connectivity index (χ0v) is 11.4. The number of hydrogen-bond acceptors (Lipinski definition) is 3. The van der Waals surface area contributed by atoms with Gasteiger partial charge in [-0.1, -0.05) is 13.3 Å². The number of hydrogen-bond donors (Lipinski definition) is 1. The van der Waals surface area contributed by atoms with Crippen molar-refractivity contribution in [3.05, 3.63) is 0 Å². The van der Waals surface area contributed by atoms with E-state index in [2.05, 4.69) is 16.7 Å². The number of piperidine rings is 2. The van der Waals surface area contributed by atoms with Gasteiger partial charge in [0.15, 0.2) is 0 Å².